The highest BCUT2D eigenvalue weighted by molar-refractivity contribution is 6.31. The Morgan fingerprint density at radius 3 is 2.71 bits per heavy atom. The zero-order valence-electron chi connectivity index (χ0n) is 9.27. The fraction of sp³-hybridized carbons (Fsp3) is 0.0714. The van der Waals surface area contributed by atoms with Gasteiger partial charge in [0.2, 0.25) is 0 Å². The summed E-state index contributed by atoms with van der Waals surface area (Å²) in [7, 11) is 1.96. The smallest absolute Gasteiger partial charge is 0.180 e. The number of benzene rings is 2. The number of rotatable bonds is 0. The van der Waals surface area contributed by atoms with Crippen LogP contribution in [-0.2, 0) is 7.05 Å². The van der Waals surface area contributed by atoms with E-state index in [-0.39, 0.29) is 5.43 Å². The summed E-state index contributed by atoms with van der Waals surface area (Å²) in [6, 6.07) is 12.9. The molecule has 0 amide bonds. The SMILES string of the molecule is Cn1c2cc(=O)ccc-2cc2cc(Cl)ccc21. The maximum absolute atomic E-state index is 11.4. The van der Waals surface area contributed by atoms with Crippen molar-refractivity contribution in [1.29, 1.82) is 0 Å². The van der Waals surface area contributed by atoms with Gasteiger partial charge >= 0.3 is 0 Å². The Balaban J connectivity index is 2.53. The van der Waals surface area contributed by atoms with Crippen LogP contribution >= 0.6 is 11.6 Å². The van der Waals surface area contributed by atoms with Crippen molar-refractivity contribution >= 4 is 22.5 Å². The number of aryl methyl sites for hydroxylation is 1. The summed E-state index contributed by atoms with van der Waals surface area (Å²) in [5.41, 5.74) is 3.07. The molecule has 0 N–H and O–H groups in total. The Bertz CT molecular complexity index is 745. The summed E-state index contributed by atoms with van der Waals surface area (Å²) < 4.78 is 2.02. The molecule has 0 radical (unpaired) electrons. The van der Waals surface area contributed by atoms with Crippen LogP contribution in [0.1, 0.15) is 0 Å². The normalized spacial score (nSPS) is 11.2. The lowest BCUT2D eigenvalue weighted by atomic mass is 10.1. The highest BCUT2D eigenvalue weighted by atomic mass is 35.5. The van der Waals surface area contributed by atoms with Crippen molar-refractivity contribution in [1.82, 2.24) is 4.57 Å². The standard InChI is InChI=1S/C14H10ClNO/c1-16-13-5-3-11(15)7-10(13)6-9-2-4-12(17)8-14(9)16/h2-8H,1H3. The van der Waals surface area contributed by atoms with E-state index in [9.17, 15) is 4.79 Å². The number of pyridine rings is 1. The van der Waals surface area contributed by atoms with Crippen molar-refractivity contribution in [3.8, 4) is 11.3 Å². The van der Waals surface area contributed by atoms with Gasteiger partial charge in [-0.1, -0.05) is 11.6 Å². The first kappa shape index (κ1) is 10.4. The molecule has 0 unspecified atom stereocenters. The first-order valence-corrected chi connectivity index (χ1v) is 5.72. The second kappa shape index (κ2) is 3.60. The van der Waals surface area contributed by atoms with Crippen LogP contribution in [0.2, 0.25) is 5.02 Å². The van der Waals surface area contributed by atoms with E-state index in [0.717, 1.165) is 27.2 Å². The summed E-state index contributed by atoms with van der Waals surface area (Å²) in [5, 5.41) is 1.79. The molecule has 0 atom stereocenters. The van der Waals surface area contributed by atoms with Crippen LogP contribution in [0.3, 0.4) is 0 Å². The number of halogens is 1. The van der Waals surface area contributed by atoms with Gasteiger partial charge in [0.05, 0.1) is 5.69 Å². The van der Waals surface area contributed by atoms with Crippen molar-refractivity contribution in [2.24, 2.45) is 7.05 Å². The number of nitrogens with zero attached hydrogens (tertiary/aromatic N) is 1. The third-order valence-corrected chi connectivity index (χ3v) is 3.26. The van der Waals surface area contributed by atoms with Gasteiger partial charge in [-0.25, -0.2) is 0 Å². The minimum Gasteiger partial charge on any atom is -0.344 e. The number of hydrogen-bond donors (Lipinski definition) is 0. The molecule has 1 aromatic carbocycles. The molecular weight excluding hydrogens is 234 g/mol. The highest BCUT2D eigenvalue weighted by Crippen LogP contribution is 2.27. The fourth-order valence-electron chi connectivity index (χ4n) is 2.18. The van der Waals surface area contributed by atoms with E-state index >= 15 is 0 Å². The maximum atomic E-state index is 11.4. The first-order chi connectivity index (χ1) is 8.15. The number of fused-ring (bicyclic) bond motifs is 2. The summed E-state index contributed by atoms with van der Waals surface area (Å²) in [6.07, 6.45) is 0. The molecule has 1 heterocycles. The quantitative estimate of drug-likeness (QED) is 0.556. The lowest BCUT2D eigenvalue weighted by Gasteiger charge is -2.15. The summed E-state index contributed by atoms with van der Waals surface area (Å²) in [6.45, 7) is 0. The van der Waals surface area contributed by atoms with E-state index in [1.54, 1.807) is 12.1 Å². The molecule has 2 aliphatic rings. The van der Waals surface area contributed by atoms with Gasteiger partial charge in [-0.3, -0.25) is 4.79 Å². The van der Waals surface area contributed by atoms with E-state index in [4.69, 9.17) is 11.6 Å². The lowest BCUT2D eigenvalue weighted by molar-refractivity contribution is 0.960. The van der Waals surface area contributed by atoms with E-state index in [2.05, 4.69) is 6.07 Å². The van der Waals surface area contributed by atoms with Crippen LogP contribution < -0.4 is 5.43 Å². The molecular formula is C14H10ClNO. The van der Waals surface area contributed by atoms with Crippen molar-refractivity contribution in [2.75, 3.05) is 0 Å². The molecule has 84 valence electrons. The van der Waals surface area contributed by atoms with E-state index < -0.39 is 0 Å². The van der Waals surface area contributed by atoms with Gasteiger partial charge in [0.25, 0.3) is 0 Å². The lowest BCUT2D eigenvalue weighted by Crippen LogP contribution is -2.05. The van der Waals surface area contributed by atoms with Gasteiger partial charge < -0.3 is 4.57 Å². The van der Waals surface area contributed by atoms with Gasteiger partial charge in [-0.05, 0) is 42.0 Å². The topological polar surface area (TPSA) is 22.0 Å². The molecule has 1 aliphatic carbocycles. The van der Waals surface area contributed by atoms with Gasteiger partial charge in [0.1, 0.15) is 0 Å². The molecule has 3 heteroatoms. The molecule has 1 aliphatic heterocycles. The average molecular weight is 244 g/mol. The second-order valence-corrected chi connectivity index (χ2v) is 4.56. The first-order valence-electron chi connectivity index (χ1n) is 5.34. The third kappa shape index (κ3) is 1.61. The van der Waals surface area contributed by atoms with Gasteiger partial charge in [0, 0.05) is 29.0 Å². The van der Waals surface area contributed by atoms with Crippen molar-refractivity contribution in [3.05, 3.63) is 57.7 Å². The van der Waals surface area contributed by atoms with Crippen molar-refractivity contribution < 1.29 is 0 Å². The number of hydrogen-bond acceptors (Lipinski definition) is 1. The molecule has 0 spiro atoms. The largest absolute Gasteiger partial charge is 0.344 e. The van der Waals surface area contributed by atoms with Crippen molar-refractivity contribution in [2.45, 2.75) is 0 Å². The van der Waals surface area contributed by atoms with Crippen LogP contribution in [0.15, 0.2) is 47.3 Å². The van der Waals surface area contributed by atoms with Gasteiger partial charge in [0.15, 0.2) is 5.43 Å². The Kier molecular flexibility index (Phi) is 2.20. The van der Waals surface area contributed by atoms with Crippen LogP contribution in [0.4, 0.5) is 0 Å². The molecule has 1 aromatic rings. The highest BCUT2D eigenvalue weighted by Gasteiger charge is 2.08. The third-order valence-electron chi connectivity index (χ3n) is 3.03. The van der Waals surface area contributed by atoms with Gasteiger partial charge in [-0.2, -0.15) is 0 Å². The van der Waals surface area contributed by atoms with E-state index in [0.29, 0.717) is 0 Å². The number of aromatic nitrogens is 1. The Morgan fingerprint density at radius 1 is 1.06 bits per heavy atom. The second-order valence-electron chi connectivity index (χ2n) is 4.13. The molecule has 0 saturated heterocycles. The minimum atomic E-state index is 0.0291. The summed E-state index contributed by atoms with van der Waals surface area (Å²) >= 11 is 5.99. The molecule has 0 bridgehead atoms. The summed E-state index contributed by atoms with van der Waals surface area (Å²) in [5.74, 6) is 0. The minimum absolute atomic E-state index is 0.0291. The molecule has 3 rings (SSSR count). The van der Waals surface area contributed by atoms with Crippen LogP contribution in [-0.4, -0.2) is 4.57 Å². The maximum Gasteiger partial charge on any atom is 0.180 e. The monoisotopic (exact) mass is 243 g/mol. The van der Waals surface area contributed by atoms with E-state index in [1.165, 1.54) is 0 Å². The Hall–Kier alpha value is -1.80. The molecule has 2 nitrogen and oxygen atoms in total. The average Bonchev–Trinajstić information content (AvgIpc) is 2.30. The Labute approximate surface area is 103 Å². The predicted octanol–water partition coefficient (Wildman–Crippen LogP) is 3.30. The molecule has 0 saturated carbocycles. The van der Waals surface area contributed by atoms with Crippen LogP contribution in [0, 0.1) is 0 Å². The van der Waals surface area contributed by atoms with Crippen LogP contribution in [0.25, 0.3) is 22.2 Å². The molecule has 0 fully saturated rings. The van der Waals surface area contributed by atoms with Crippen LogP contribution in [0.5, 0.6) is 0 Å². The summed E-state index contributed by atoms with van der Waals surface area (Å²) in [4.78, 5) is 11.4. The fourth-order valence-corrected chi connectivity index (χ4v) is 2.36. The molecule has 17 heavy (non-hydrogen) atoms. The van der Waals surface area contributed by atoms with E-state index in [1.807, 2.05) is 35.9 Å². The van der Waals surface area contributed by atoms with Gasteiger partial charge in [-0.15, -0.1) is 0 Å². The predicted molar refractivity (Wildman–Crippen MR) is 70.8 cm³/mol. The zero-order chi connectivity index (χ0) is 12.0. The Morgan fingerprint density at radius 2 is 1.88 bits per heavy atom. The van der Waals surface area contributed by atoms with Crippen molar-refractivity contribution in [3.63, 3.8) is 0 Å². The molecule has 0 aromatic heterocycles. The zero-order valence-corrected chi connectivity index (χ0v) is 10.0.